The molecule has 0 heterocycles. The highest BCUT2D eigenvalue weighted by Gasteiger charge is 2.32. The van der Waals surface area contributed by atoms with E-state index in [-0.39, 0.29) is 5.56 Å². The highest BCUT2D eigenvalue weighted by Crippen LogP contribution is 2.32. The molecule has 0 aromatic heterocycles. The Hall–Kier alpha value is -1.28. The lowest BCUT2D eigenvalue weighted by Crippen LogP contribution is -2.08. The van der Waals surface area contributed by atoms with E-state index in [2.05, 4.69) is 4.74 Å². The molecule has 106 valence electrons. The first-order valence-corrected chi connectivity index (χ1v) is 7.10. The van der Waals surface area contributed by atoms with Crippen LogP contribution in [0.5, 0.6) is 0 Å². The number of carbonyl (C=O) groups excluding carboxylic acids is 1. The summed E-state index contributed by atoms with van der Waals surface area (Å²) in [7, 11) is 0.697. The summed E-state index contributed by atoms with van der Waals surface area (Å²) < 4.78 is 64.5. The number of alkyl halides is 3. The van der Waals surface area contributed by atoms with Gasteiger partial charge < -0.3 is 4.74 Å². The Labute approximate surface area is 111 Å². The van der Waals surface area contributed by atoms with Crippen LogP contribution in [0.1, 0.15) is 18.1 Å². The van der Waals surface area contributed by atoms with Crippen LogP contribution in [0.15, 0.2) is 23.1 Å². The van der Waals surface area contributed by atoms with Crippen molar-refractivity contribution in [2.75, 3.05) is 0 Å². The fourth-order valence-corrected chi connectivity index (χ4v) is 2.06. The van der Waals surface area contributed by atoms with E-state index in [0.29, 0.717) is 12.1 Å². The van der Waals surface area contributed by atoms with Crippen LogP contribution in [0.4, 0.5) is 13.2 Å². The second kappa shape index (κ2) is 5.38. The molecule has 0 saturated heterocycles. The zero-order chi connectivity index (χ0) is 14.8. The average Bonchev–Trinajstić information content (AvgIpc) is 2.23. The Morgan fingerprint density at radius 3 is 2.32 bits per heavy atom. The number of hydrogen-bond acceptors (Lipinski definition) is 4. The molecular formula is C10H8ClF3O4S. The largest absolute Gasteiger partial charge is 0.461 e. The van der Waals surface area contributed by atoms with Gasteiger partial charge >= 0.3 is 12.1 Å². The van der Waals surface area contributed by atoms with Crippen LogP contribution in [-0.2, 0) is 31.4 Å². The third kappa shape index (κ3) is 4.71. The van der Waals surface area contributed by atoms with Crippen LogP contribution in [0, 0.1) is 0 Å². The molecule has 1 aromatic carbocycles. The molecule has 0 aliphatic carbocycles. The lowest BCUT2D eigenvalue weighted by Gasteiger charge is -2.11. The Morgan fingerprint density at radius 1 is 1.32 bits per heavy atom. The van der Waals surface area contributed by atoms with Crippen LogP contribution >= 0.6 is 10.7 Å². The molecule has 0 N–H and O–H groups in total. The monoisotopic (exact) mass is 316 g/mol. The lowest BCUT2D eigenvalue weighted by atomic mass is 10.1. The number of halogens is 4. The molecule has 0 atom stereocenters. The molecule has 0 unspecified atom stereocenters. The van der Waals surface area contributed by atoms with Crippen molar-refractivity contribution in [2.45, 2.75) is 24.6 Å². The quantitative estimate of drug-likeness (QED) is 0.635. The minimum Gasteiger partial charge on any atom is -0.461 e. The fraction of sp³-hybridized carbons (Fsp3) is 0.300. The molecule has 0 radical (unpaired) electrons. The Kier molecular flexibility index (Phi) is 4.46. The number of rotatable bonds is 3. The van der Waals surface area contributed by atoms with Gasteiger partial charge in [0.1, 0.15) is 6.61 Å². The summed E-state index contributed by atoms with van der Waals surface area (Å²) in [5, 5.41) is 0. The summed E-state index contributed by atoms with van der Waals surface area (Å²) in [6, 6.07) is 2.02. The van der Waals surface area contributed by atoms with E-state index in [4.69, 9.17) is 10.7 Å². The SMILES string of the molecule is CC(=O)OCc1cc(C(F)(F)F)cc(S(=O)(=O)Cl)c1. The molecular weight excluding hydrogens is 309 g/mol. The van der Waals surface area contributed by atoms with Gasteiger partial charge in [-0.25, -0.2) is 8.42 Å². The van der Waals surface area contributed by atoms with E-state index < -0.39 is 38.3 Å². The Balaban J connectivity index is 3.29. The predicted molar refractivity (Wildman–Crippen MR) is 60.0 cm³/mol. The van der Waals surface area contributed by atoms with Gasteiger partial charge in [0.15, 0.2) is 0 Å². The molecule has 0 fully saturated rings. The van der Waals surface area contributed by atoms with Crippen LogP contribution in [0.3, 0.4) is 0 Å². The molecule has 4 nitrogen and oxygen atoms in total. The molecule has 19 heavy (non-hydrogen) atoms. The van der Waals surface area contributed by atoms with Crippen molar-refractivity contribution >= 4 is 25.7 Å². The van der Waals surface area contributed by atoms with Gasteiger partial charge in [0, 0.05) is 17.6 Å². The van der Waals surface area contributed by atoms with Gasteiger partial charge in [0.25, 0.3) is 9.05 Å². The van der Waals surface area contributed by atoms with Gasteiger partial charge in [0.2, 0.25) is 0 Å². The second-order valence-corrected chi connectivity index (χ2v) is 6.15. The van der Waals surface area contributed by atoms with E-state index in [1.165, 1.54) is 0 Å². The minimum absolute atomic E-state index is 0.121. The summed E-state index contributed by atoms with van der Waals surface area (Å²) in [6.45, 7) is 0.603. The summed E-state index contributed by atoms with van der Waals surface area (Å²) in [5.41, 5.74) is -1.30. The topological polar surface area (TPSA) is 60.4 Å². The smallest absolute Gasteiger partial charge is 0.416 e. The summed E-state index contributed by atoms with van der Waals surface area (Å²) in [5.74, 6) is -0.701. The lowest BCUT2D eigenvalue weighted by molar-refractivity contribution is -0.142. The summed E-state index contributed by atoms with van der Waals surface area (Å²) in [6.07, 6.45) is -4.73. The first-order chi connectivity index (χ1) is 8.50. The Bertz CT molecular complexity index is 595. The second-order valence-electron chi connectivity index (χ2n) is 3.58. The van der Waals surface area contributed by atoms with Gasteiger partial charge in [-0.1, -0.05) is 0 Å². The van der Waals surface area contributed by atoms with Crippen molar-refractivity contribution < 1.29 is 31.1 Å². The van der Waals surface area contributed by atoms with Crippen LogP contribution in [0.2, 0.25) is 0 Å². The van der Waals surface area contributed by atoms with Crippen molar-refractivity contribution in [3.05, 3.63) is 29.3 Å². The summed E-state index contributed by atoms with van der Waals surface area (Å²) in [4.78, 5) is 9.89. The molecule has 1 rings (SSSR count). The maximum absolute atomic E-state index is 12.6. The van der Waals surface area contributed by atoms with Crippen LogP contribution < -0.4 is 0 Å². The van der Waals surface area contributed by atoms with Crippen LogP contribution in [-0.4, -0.2) is 14.4 Å². The van der Waals surface area contributed by atoms with Gasteiger partial charge in [-0.3, -0.25) is 4.79 Å². The van der Waals surface area contributed by atoms with Crippen molar-refractivity contribution in [1.82, 2.24) is 0 Å². The number of ether oxygens (including phenoxy) is 1. The van der Waals surface area contributed by atoms with E-state index >= 15 is 0 Å². The number of benzene rings is 1. The zero-order valence-electron chi connectivity index (χ0n) is 9.49. The van der Waals surface area contributed by atoms with Gasteiger partial charge in [-0.2, -0.15) is 13.2 Å². The van der Waals surface area contributed by atoms with Gasteiger partial charge in [-0.15, -0.1) is 0 Å². The molecule has 0 saturated carbocycles. The van der Waals surface area contributed by atoms with Crippen molar-refractivity contribution in [2.24, 2.45) is 0 Å². The highest BCUT2D eigenvalue weighted by molar-refractivity contribution is 8.13. The molecule has 9 heteroatoms. The van der Waals surface area contributed by atoms with Crippen molar-refractivity contribution in [1.29, 1.82) is 0 Å². The first-order valence-electron chi connectivity index (χ1n) is 4.79. The number of hydrogen-bond donors (Lipinski definition) is 0. The van der Waals surface area contributed by atoms with Crippen LogP contribution in [0.25, 0.3) is 0 Å². The number of carbonyl (C=O) groups is 1. The minimum atomic E-state index is -4.73. The fourth-order valence-electron chi connectivity index (χ4n) is 1.23. The van der Waals surface area contributed by atoms with E-state index in [9.17, 15) is 26.4 Å². The Morgan fingerprint density at radius 2 is 1.89 bits per heavy atom. The predicted octanol–water partition coefficient (Wildman–Crippen LogP) is 2.70. The third-order valence-electron chi connectivity index (χ3n) is 2.02. The zero-order valence-corrected chi connectivity index (χ0v) is 11.1. The maximum Gasteiger partial charge on any atom is 0.416 e. The first kappa shape index (κ1) is 15.8. The standard InChI is InChI=1S/C10H8ClF3O4S/c1-6(15)18-5-7-2-8(10(12,13)14)4-9(3-7)19(11,16)17/h2-4H,5H2,1H3. The van der Waals surface area contributed by atoms with E-state index in [1.54, 1.807) is 0 Å². The maximum atomic E-state index is 12.6. The van der Waals surface area contributed by atoms with Gasteiger partial charge in [0.05, 0.1) is 10.5 Å². The van der Waals surface area contributed by atoms with E-state index in [0.717, 1.165) is 13.0 Å². The highest BCUT2D eigenvalue weighted by atomic mass is 35.7. The molecule has 1 aromatic rings. The third-order valence-corrected chi connectivity index (χ3v) is 3.35. The molecule has 0 aliphatic rings. The number of esters is 1. The van der Waals surface area contributed by atoms with Crippen molar-refractivity contribution in [3.8, 4) is 0 Å². The molecule has 0 amide bonds. The molecule has 0 spiro atoms. The van der Waals surface area contributed by atoms with Crippen molar-refractivity contribution in [3.63, 3.8) is 0 Å². The van der Waals surface area contributed by atoms with Gasteiger partial charge in [-0.05, 0) is 23.8 Å². The molecule has 0 aliphatic heterocycles. The molecule has 0 bridgehead atoms. The normalized spacial score (nSPS) is 12.3. The average molecular weight is 317 g/mol. The summed E-state index contributed by atoms with van der Waals surface area (Å²) >= 11 is 0. The van der Waals surface area contributed by atoms with E-state index in [1.807, 2.05) is 0 Å².